The minimum absolute atomic E-state index is 0.104. The van der Waals surface area contributed by atoms with Gasteiger partial charge in [0, 0.05) is 17.8 Å². The van der Waals surface area contributed by atoms with E-state index >= 15 is 0 Å². The van der Waals surface area contributed by atoms with Crippen LogP contribution in [0.3, 0.4) is 0 Å². The van der Waals surface area contributed by atoms with Crippen LogP contribution < -0.4 is 9.47 Å². The SMILES string of the molecule is CC(=O)CCC(Cc1ccccc1)(C(=O)Oc1ccccc1OC(C)C)[N+](=O)[O-]. The number of Topliss-reactive ketones (excluding diaryl/α,β-unsaturated/α-hetero) is 1. The summed E-state index contributed by atoms with van der Waals surface area (Å²) in [7, 11) is 0. The molecule has 1 atom stereocenters. The molecule has 0 bridgehead atoms. The molecule has 7 heteroatoms. The van der Waals surface area contributed by atoms with Crippen molar-refractivity contribution in [2.45, 2.75) is 51.7 Å². The van der Waals surface area contributed by atoms with Crippen molar-refractivity contribution in [3.8, 4) is 11.5 Å². The molecule has 0 saturated heterocycles. The van der Waals surface area contributed by atoms with Crippen molar-refractivity contribution in [1.82, 2.24) is 0 Å². The van der Waals surface area contributed by atoms with Crippen molar-refractivity contribution in [2.24, 2.45) is 0 Å². The van der Waals surface area contributed by atoms with Gasteiger partial charge in [0.2, 0.25) is 0 Å². The van der Waals surface area contributed by atoms with Gasteiger partial charge in [-0.05, 0) is 38.5 Å². The van der Waals surface area contributed by atoms with Crippen molar-refractivity contribution in [3.05, 3.63) is 70.3 Å². The summed E-state index contributed by atoms with van der Waals surface area (Å²) < 4.78 is 11.1. The van der Waals surface area contributed by atoms with Crippen LogP contribution >= 0.6 is 0 Å². The highest BCUT2D eigenvalue weighted by Crippen LogP contribution is 2.31. The fraction of sp³-hybridized carbons (Fsp3) is 0.364. The van der Waals surface area contributed by atoms with Crippen LogP contribution in [0.4, 0.5) is 0 Å². The summed E-state index contributed by atoms with van der Waals surface area (Å²) in [6, 6.07) is 15.2. The predicted octanol–water partition coefficient (Wildman–Crippen LogP) is 4.01. The molecule has 0 spiro atoms. The number of nitrogens with zero attached hydrogens (tertiary/aromatic N) is 1. The van der Waals surface area contributed by atoms with Gasteiger partial charge in [-0.25, -0.2) is 4.79 Å². The van der Waals surface area contributed by atoms with Crippen LogP contribution in [0.2, 0.25) is 0 Å². The quantitative estimate of drug-likeness (QED) is 0.259. The molecule has 2 rings (SSSR count). The number of para-hydroxylation sites is 2. The lowest BCUT2D eigenvalue weighted by Crippen LogP contribution is -2.51. The predicted molar refractivity (Wildman–Crippen MR) is 108 cm³/mol. The monoisotopic (exact) mass is 399 g/mol. The summed E-state index contributed by atoms with van der Waals surface area (Å²) in [5, 5.41) is 12.1. The maximum absolute atomic E-state index is 13.1. The zero-order valence-corrected chi connectivity index (χ0v) is 16.8. The number of ether oxygens (including phenoxy) is 2. The summed E-state index contributed by atoms with van der Waals surface area (Å²) in [4.78, 5) is 36.1. The van der Waals surface area contributed by atoms with E-state index in [0.29, 0.717) is 11.3 Å². The Morgan fingerprint density at radius 2 is 1.62 bits per heavy atom. The zero-order valence-electron chi connectivity index (χ0n) is 16.8. The number of ketones is 1. The van der Waals surface area contributed by atoms with E-state index in [2.05, 4.69) is 0 Å². The molecule has 7 nitrogen and oxygen atoms in total. The second kappa shape index (κ2) is 9.82. The molecule has 0 N–H and O–H groups in total. The van der Waals surface area contributed by atoms with Crippen LogP contribution in [0.25, 0.3) is 0 Å². The maximum atomic E-state index is 13.1. The molecule has 0 aliphatic carbocycles. The highest BCUT2D eigenvalue weighted by atomic mass is 16.6. The first-order valence-corrected chi connectivity index (χ1v) is 9.40. The van der Waals surface area contributed by atoms with Crippen LogP contribution in [0.5, 0.6) is 11.5 Å². The number of carbonyl (C=O) groups is 2. The summed E-state index contributed by atoms with van der Waals surface area (Å²) in [6.07, 6.45) is -0.708. The fourth-order valence-electron chi connectivity index (χ4n) is 2.89. The Hall–Kier alpha value is -3.22. The van der Waals surface area contributed by atoms with Crippen molar-refractivity contribution in [2.75, 3.05) is 0 Å². The highest BCUT2D eigenvalue weighted by molar-refractivity contribution is 5.84. The van der Waals surface area contributed by atoms with Gasteiger partial charge >= 0.3 is 11.5 Å². The topological polar surface area (TPSA) is 95.7 Å². The molecule has 0 aliphatic rings. The second-order valence-corrected chi connectivity index (χ2v) is 7.16. The van der Waals surface area contributed by atoms with Crippen molar-refractivity contribution in [3.63, 3.8) is 0 Å². The molecule has 154 valence electrons. The number of nitro groups is 1. The summed E-state index contributed by atoms with van der Waals surface area (Å²) in [6.45, 7) is 4.98. The van der Waals surface area contributed by atoms with E-state index in [4.69, 9.17) is 9.47 Å². The molecule has 0 amide bonds. The Balaban J connectivity index is 2.40. The lowest BCUT2D eigenvalue weighted by molar-refractivity contribution is -0.555. The van der Waals surface area contributed by atoms with E-state index < -0.39 is 16.4 Å². The summed E-state index contributed by atoms with van der Waals surface area (Å²) in [5.41, 5.74) is -1.48. The van der Waals surface area contributed by atoms with Gasteiger partial charge in [0.05, 0.1) is 12.5 Å². The third kappa shape index (κ3) is 5.88. The van der Waals surface area contributed by atoms with Gasteiger partial charge < -0.3 is 14.3 Å². The molecule has 0 aromatic heterocycles. The van der Waals surface area contributed by atoms with Crippen LogP contribution in [-0.2, 0) is 16.0 Å². The van der Waals surface area contributed by atoms with Crippen LogP contribution in [0, 0.1) is 10.1 Å². The van der Waals surface area contributed by atoms with Gasteiger partial charge in [-0.2, -0.15) is 0 Å². The number of hydrogen-bond donors (Lipinski definition) is 0. The van der Waals surface area contributed by atoms with Crippen LogP contribution in [0.15, 0.2) is 54.6 Å². The lowest BCUT2D eigenvalue weighted by atomic mass is 9.86. The Morgan fingerprint density at radius 3 is 2.17 bits per heavy atom. The summed E-state index contributed by atoms with van der Waals surface area (Å²) >= 11 is 0. The van der Waals surface area contributed by atoms with Crippen LogP contribution in [-0.4, -0.2) is 28.3 Å². The first-order valence-electron chi connectivity index (χ1n) is 9.40. The molecule has 0 saturated carbocycles. The molecular weight excluding hydrogens is 374 g/mol. The maximum Gasteiger partial charge on any atom is 0.390 e. The van der Waals surface area contributed by atoms with Gasteiger partial charge in [0.25, 0.3) is 0 Å². The second-order valence-electron chi connectivity index (χ2n) is 7.16. The van der Waals surface area contributed by atoms with E-state index in [1.165, 1.54) is 13.0 Å². The van der Waals surface area contributed by atoms with Gasteiger partial charge in [-0.1, -0.05) is 42.5 Å². The molecule has 2 aromatic rings. The van der Waals surface area contributed by atoms with Gasteiger partial charge in [0.15, 0.2) is 11.5 Å². The average Bonchev–Trinajstić information content (AvgIpc) is 2.66. The minimum atomic E-state index is -2.09. The van der Waals surface area contributed by atoms with Crippen molar-refractivity contribution < 1.29 is 24.0 Å². The van der Waals surface area contributed by atoms with E-state index in [1.54, 1.807) is 48.5 Å². The van der Waals surface area contributed by atoms with E-state index in [0.717, 1.165) is 0 Å². The first kappa shape index (κ1) is 22.1. The Labute approximate surface area is 169 Å². The molecule has 0 radical (unpaired) electrons. The Morgan fingerprint density at radius 1 is 1.03 bits per heavy atom. The molecule has 29 heavy (non-hydrogen) atoms. The Bertz CT molecular complexity index is 865. The number of esters is 1. The third-order valence-electron chi connectivity index (χ3n) is 4.37. The fourth-order valence-corrected chi connectivity index (χ4v) is 2.89. The molecule has 0 heterocycles. The van der Waals surface area contributed by atoms with Gasteiger partial charge in [-0.15, -0.1) is 0 Å². The largest absolute Gasteiger partial charge is 0.487 e. The van der Waals surface area contributed by atoms with Gasteiger partial charge in [-0.3, -0.25) is 10.1 Å². The lowest BCUT2D eigenvalue weighted by Gasteiger charge is -2.24. The normalized spacial score (nSPS) is 12.8. The van der Waals surface area contributed by atoms with E-state index in [-0.39, 0.29) is 36.9 Å². The molecule has 0 aliphatic heterocycles. The van der Waals surface area contributed by atoms with Crippen LogP contribution in [0.1, 0.15) is 39.2 Å². The highest BCUT2D eigenvalue weighted by Gasteiger charge is 2.53. The number of benzene rings is 2. The van der Waals surface area contributed by atoms with Gasteiger partial charge in [0.1, 0.15) is 5.78 Å². The number of hydrogen-bond acceptors (Lipinski definition) is 6. The van der Waals surface area contributed by atoms with E-state index in [1.807, 2.05) is 13.8 Å². The Kier molecular flexibility index (Phi) is 7.47. The standard InChI is InChI=1S/C22H25NO6/c1-16(2)28-19-11-7-8-12-20(19)29-21(25)22(23(26)27,14-13-17(3)24)15-18-9-5-4-6-10-18/h4-12,16H,13-15H2,1-3H3. The number of carbonyl (C=O) groups excluding carboxylic acids is 2. The molecule has 0 fully saturated rings. The molecule has 1 unspecified atom stereocenters. The van der Waals surface area contributed by atoms with Crippen molar-refractivity contribution in [1.29, 1.82) is 0 Å². The third-order valence-corrected chi connectivity index (χ3v) is 4.37. The minimum Gasteiger partial charge on any atom is -0.487 e. The summed E-state index contributed by atoms with van der Waals surface area (Å²) in [5.74, 6) is -0.833. The van der Waals surface area contributed by atoms with E-state index in [9.17, 15) is 19.7 Å². The molecular formula is C22H25NO6. The number of rotatable bonds is 10. The first-order chi connectivity index (χ1) is 13.7. The van der Waals surface area contributed by atoms with Crippen molar-refractivity contribution >= 4 is 11.8 Å². The smallest absolute Gasteiger partial charge is 0.390 e. The average molecular weight is 399 g/mol. The zero-order chi connectivity index (χ0) is 21.4. The molecule has 2 aromatic carbocycles.